The van der Waals surface area contributed by atoms with Gasteiger partial charge in [0, 0.05) is 13.1 Å². The van der Waals surface area contributed by atoms with E-state index < -0.39 is 12.0 Å². The Morgan fingerprint density at radius 2 is 1.54 bits per heavy atom. The molecule has 3 aliphatic heterocycles. The fraction of sp³-hybridized carbons (Fsp3) is 0.333. The van der Waals surface area contributed by atoms with Gasteiger partial charge in [0.15, 0.2) is 0 Å². The first-order valence-corrected chi connectivity index (χ1v) is 9.40. The molecular weight excluding hydrogens is 361 g/mol. The van der Waals surface area contributed by atoms with E-state index in [-0.39, 0.29) is 23.7 Å². The maximum atomic E-state index is 13.4. The number of imide groups is 1. The van der Waals surface area contributed by atoms with Crippen LogP contribution in [-0.4, -0.2) is 48.1 Å². The number of carbonyl (C=O) groups excluding carboxylic acids is 2. The smallest absolute Gasteiger partial charge is 0.253 e. The van der Waals surface area contributed by atoms with Crippen molar-refractivity contribution in [1.82, 2.24) is 10.0 Å². The lowest BCUT2D eigenvalue weighted by Gasteiger charge is -2.29. The quantitative estimate of drug-likeness (QED) is 0.764. The van der Waals surface area contributed by atoms with Crippen molar-refractivity contribution in [1.29, 1.82) is 0 Å². The fourth-order valence-electron chi connectivity index (χ4n) is 4.76. The van der Waals surface area contributed by atoms with Gasteiger partial charge < -0.3 is 4.74 Å². The molecule has 3 aliphatic rings. The monoisotopic (exact) mass is 381 g/mol. The van der Waals surface area contributed by atoms with Gasteiger partial charge >= 0.3 is 0 Å². The molecule has 0 aliphatic carbocycles. The van der Waals surface area contributed by atoms with Crippen molar-refractivity contribution in [2.45, 2.75) is 18.5 Å². The molecule has 3 heterocycles. The molecule has 7 heteroatoms. The minimum Gasteiger partial charge on any atom is -0.497 e. The number of carbonyl (C=O) groups is 2. The van der Waals surface area contributed by atoms with Gasteiger partial charge in [-0.1, -0.05) is 12.1 Å². The molecule has 2 aromatic carbocycles. The molecule has 5 rings (SSSR count). The Hall–Kier alpha value is -2.77. The number of halogens is 1. The van der Waals surface area contributed by atoms with Gasteiger partial charge in [0.05, 0.1) is 24.8 Å². The predicted molar refractivity (Wildman–Crippen MR) is 99.9 cm³/mol. The van der Waals surface area contributed by atoms with Crippen LogP contribution >= 0.6 is 0 Å². The maximum Gasteiger partial charge on any atom is 0.253 e. The number of fused-ring (bicyclic) bond motifs is 3. The summed E-state index contributed by atoms with van der Waals surface area (Å²) in [6.45, 7) is 1.53. The molecule has 3 fully saturated rings. The standard InChI is InChI=1S/C21H20FN3O3/c1-28-16-9-7-15(8-10-16)25-20(26)17-18(13-3-5-14(22)6-4-13)23-11-2-12-24(23)19(17)21(25)27/h3-10,17-19H,2,11-12H2,1H3. The van der Waals surface area contributed by atoms with Gasteiger partial charge in [0.1, 0.15) is 17.6 Å². The highest BCUT2D eigenvalue weighted by Gasteiger charge is 2.62. The summed E-state index contributed by atoms with van der Waals surface area (Å²) >= 11 is 0. The molecule has 144 valence electrons. The van der Waals surface area contributed by atoms with Crippen LogP contribution in [0.25, 0.3) is 0 Å². The maximum absolute atomic E-state index is 13.4. The topological polar surface area (TPSA) is 53.1 Å². The van der Waals surface area contributed by atoms with Crippen molar-refractivity contribution in [3.05, 3.63) is 59.9 Å². The van der Waals surface area contributed by atoms with E-state index in [9.17, 15) is 14.0 Å². The van der Waals surface area contributed by atoms with Crippen LogP contribution in [0.4, 0.5) is 10.1 Å². The highest BCUT2D eigenvalue weighted by molar-refractivity contribution is 6.24. The molecule has 0 spiro atoms. The van der Waals surface area contributed by atoms with E-state index in [1.807, 2.05) is 5.01 Å². The van der Waals surface area contributed by atoms with Crippen LogP contribution in [0.1, 0.15) is 18.0 Å². The first kappa shape index (κ1) is 17.3. The van der Waals surface area contributed by atoms with Crippen LogP contribution in [0.2, 0.25) is 0 Å². The third-order valence-electron chi connectivity index (χ3n) is 5.95. The van der Waals surface area contributed by atoms with Gasteiger partial charge in [-0.3, -0.25) is 9.59 Å². The summed E-state index contributed by atoms with van der Waals surface area (Å²) in [5.74, 6) is -0.552. The summed E-state index contributed by atoms with van der Waals surface area (Å²) in [5.41, 5.74) is 1.41. The van der Waals surface area contributed by atoms with Crippen LogP contribution < -0.4 is 9.64 Å². The van der Waals surface area contributed by atoms with Gasteiger partial charge in [0.25, 0.3) is 5.91 Å². The molecule has 28 heavy (non-hydrogen) atoms. The summed E-state index contributed by atoms with van der Waals surface area (Å²) in [6.07, 6.45) is 0.935. The number of ether oxygens (including phenoxy) is 1. The number of hydrazine groups is 1. The Bertz CT molecular complexity index is 931. The van der Waals surface area contributed by atoms with Gasteiger partial charge in [-0.05, 0) is 48.4 Å². The lowest BCUT2D eigenvalue weighted by atomic mass is 9.90. The summed E-state index contributed by atoms with van der Waals surface area (Å²) in [4.78, 5) is 27.9. The number of anilines is 1. The van der Waals surface area contributed by atoms with Crippen molar-refractivity contribution in [2.24, 2.45) is 5.92 Å². The Kier molecular flexibility index (Phi) is 3.96. The van der Waals surface area contributed by atoms with Crippen molar-refractivity contribution in [3.63, 3.8) is 0 Å². The van der Waals surface area contributed by atoms with E-state index in [2.05, 4.69) is 5.01 Å². The zero-order chi connectivity index (χ0) is 19.4. The van der Waals surface area contributed by atoms with Gasteiger partial charge in [0.2, 0.25) is 5.91 Å². The number of rotatable bonds is 3. The lowest BCUT2D eigenvalue weighted by Crippen LogP contribution is -2.44. The highest BCUT2D eigenvalue weighted by Crippen LogP contribution is 2.48. The zero-order valence-corrected chi connectivity index (χ0v) is 15.4. The molecule has 3 saturated heterocycles. The van der Waals surface area contributed by atoms with E-state index in [1.54, 1.807) is 43.5 Å². The fourth-order valence-corrected chi connectivity index (χ4v) is 4.76. The molecular formula is C21H20FN3O3. The van der Waals surface area contributed by atoms with E-state index >= 15 is 0 Å². The second-order valence-corrected chi connectivity index (χ2v) is 7.36. The molecule has 6 nitrogen and oxygen atoms in total. The van der Waals surface area contributed by atoms with Crippen molar-refractivity contribution < 1.29 is 18.7 Å². The van der Waals surface area contributed by atoms with E-state index in [0.717, 1.165) is 25.1 Å². The second kappa shape index (κ2) is 6.39. The summed E-state index contributed by atoms with van der Waals surface area (Å²) < 4.78 is 18.6. The summed E-state index contributed by atoms with van der Waals surface area (Å²) in [5, 5.41) is 4.15. The summed E-state index contributed by atoms with van der Waals surface area (Å²) in [6, 6.07) is 12.4. The number of hydrogen-bond donors (Lipinski definition) is 0. The summed E-state index contributed by atoms with van der Waals surface area (Å²) in [7, 11) is 1.57. The first-order chi connectivity index (χ1) is 13.6. The Morgan fingerprint density at radius 3 is 2.18 bits per heavy atom. The van der Waals surface area contributed by atoms with Crippen molar-refractivity contribution >= 4 is 17.5 Å². The molecule has 0 aromatic heterocycles. The number of benzene rings is 2. The van der Waals surface area contributed by atoms with Crippen LogP contribution in [0.15, 0.2) is 48.5 Å². The highest BCUT2D eigenvalue weighted by atomic mass is 19.1. The predicted octanol–water partition coefficient (Wildman–Crippen LogP) is 2.37. The van der Waals surface area contributed by atoms with Crippen LogP contribution in [-0.2, 0) is 9.59 Å². The van der Waals surface area contributed by atoms with Crippen LogP contribution in [0.5, 0.6) is 5.75 Å². The van der Waals surface area contributed by atoms with E-state index in [4.69, 9.17) is 4.74 Å². The molecule has 2 aromatic rings. The Labute approximate surface area is 162 Å². The minimum absolute atomic E-state index is 0.198. The molecule has 0 saturated carbocycles. The molecule has 0 bridgehead atoms. The average molecular weight is 381 g/mol. The first-order valence-electron chi connectivity index (χ1n) is 9.40. The second-order valence-electron chi connectivity index (χ2n) is 7.36. The zero-order valence-electron chi connectivity index (χ0n) is 15.4. The lowest BCUT2D eigenvalue weighted by molar-refractivity contribution is -0.126. The minimum atomic E-state index is -0.507. The van der Waals surface area contributed by atoms with Gasteiger partial charge in [-0.25, -0.2) is 19.3 Å². The molecule has 0 radical (unpaired) electrons. The number of nitrogens with zero attached hydrogens (tertiary/aromatic N) is 3. The average Bonchev–Trinajstić information content (AvgIpc) is 3.35. The van der Waals surface area contributed by atoms with Crippen LogP contribution in [0.3, 0.4) is 0 Å². The Balaban J connectivity index is 1.55. The molecule has 3 atom stereocenters. The van der Waals surface area contributed by atoms with E-state index in [1.165, 1.54) is 17.0 Å². The number of amides is 2. The Morgan fingerprint density at radius 1 is 0.893 bits per heavy atom. The normalized spacial score (nSPS) is 27.4. The van der Waals surface area contributed by atoms with E-state index in [0.29, 0.717) is 11.4 Å². The number of methoxy groups -OCH3 is 1. The van der Waals surface area contributed by atoms with Crippen molar-refractivity contribution in [3.8, 4) is 5.75 Å². The SMILES string of the molecule is COc1ccc(N2C(=O)C3C(C2=O)N2CCCN2C3c2ccc(F)cc2)cc1. The molecule has 3 unspecified atom stereocenters. The van der Waals surface area contributed by atoms with Crippen molar-refractivity contribution in [2.75, 3.05) is 25.1 Å². The number of hydrogen-bond acceptors (Lipinski definition) is 5. The molecule has 0 N–H and O–H groups in total. The van der Waals surface area contributed by atoms with Gasteiger partial charge in [-0.15, -0.1) is 0 Å². The largest absolute Gasteiger partial charge is 0.497 e. The van der Waals surface area contributed by atoms with Crippen LogP contribution in [0, 0.1) is 11.7 Å². The third kappa shape index (κ3) is 2.40. The third-order valence-corrected chi connectivity index (χ3v) is 5.95. The van der Waals surface area contributed by atoms with Gasteiger partial charge in [-0.2, -0.15) is 0 Å². The molecule has 2 amide bonds.